The Balaban J connectivity index is 2.01. The quantitative estimate of drug-likeness (QED) is 0.342. The Hall–Kier alpha value is -3.92. The molecule has 0 spiro atoms. The molecule has 142 valence electrons. The first-order valence-electron chi connectivity index (χ1n) is 9.52. The highest BCUT2D eigenvalue weighted by molar-refractivity contribution is 5.88. The van der Waals surface area contributed by atoms with Crippen molar-refractivity contribution in [3.63, 3.8) is 0 Å². The molecule has 0 radical (unpaired) electrons. The maximum atomic E-state index is 6.26. The van der Waals surface area contributed by atoms with Gasteiger partial charge in [0.15, 0.2) is 0 Å². The molecule has 4 aromatic carbocycles. The largest absolute Gasteiger partial charge is 0.399 e. The van der Waals surface area contributed by atoms with E-state index in [1.165, 1.54) is 0 Å². The molecule has 0 unspecified atom stereocenters. The van der Waals surface area contributed by atoms with Gasteiger partial charge < -0.3 is 22.9 Å². The fourth-order valence-electron chi connectivity index (χ4n) is 4.69. The number of nitrogen functional groups attached to an aromatic ring is 4. The van der Waals surface area contributed by atoms with Crippen LogP contribution in [-0.2, 0) is 5.41 Å². The third-order valence-electron chi connectivity index (χ3n) is 5.82. The van der Waals surface area contributed by atoms with Crippen molar-refractivity contribution in [1.82, 2.24) is 0 Å². The molecule has 0 aromatic heterocycles. The van der Waals surface area contributed by atoms with Gasteiger partial charge in [-0.25, -0.2) is 0 Å². The average molecular weight is 378 g/mol. The molecule has 0 aliphatic heterocycles. The molecule has 4 aromatic rings. The van der Waals surface area contributed by atoms with Crippen LogP contribution in [0, 0.1) is 0 Å². The number of nitrogens with two attached hydrogens (primary N) is 4. The van der Waals surface area contributed by atoms with Gasteiger partial charge in [-0.3, -0.25) is 0 Å². The molecule has 8 N–H and O–H groups in total. The van der Waals surface area contributed by atoms with E-state index in [1.807, 2.05) is 48.5 Å². The highest BCUT2D eigenvalue weighted by atomic mass is 14.6. The smallest absolute Gasteiger partial charge is 0.0716 e. The van der Waals surface area contributed by atoms with Gasteiger partial charge in [0, 0.05) is 22.7 Å². The van der Waals surface area contributed by atoms with Crippen LogP contribution in [0.15, 0.2) is 84.9 Å². The summed E-state index contributed by atoms with van der Waals surface area (Å²) in [6.45, 7) is 0. The second-order valence-electron chi connectivity index (χ2n) is 7.61. The summed E-state index contributed by atoms with van der Waals surface area (Å²) >= 11 is 0. The lowest BCUT2D eigenvalue weighted by Crippen LogP contribution is -2.29. The Morgan fingerprint density at radius 3 is 1.28 bits per heavy atom. The molecule has 0 saturated heterocycles. The molecule has 1 aliphatic carbocycles. The number of fused-ring (bicyclic) bond motifs is 3. The summed E-state index contributed by atoms with van der Waals surface area (Å²) < 4.78 is 0. The number of hydrogen-bond acceptors (Lipinski definition) is 4. The van der Waals surface area contributed by atoms with Crippen LogP contribution in [0.4, 0.5) is 22.7 Å². The summed E-state index contributed by atoms with van der Waals surface area (Å²) in [5.74, 6) is 0. The minimum Gasteiger partial charge on any atom is -0.399 e. The zero-order valence-corrected chi connectivity index (χ0v) is 15.9. The van der Waals surface area contributed by atoms with E-state index in [-0.39, 0.29) is 0 Å². The molecule has 0 atom stereocenters. The fourth-order valence-corrected chi connectivity index (χ4v) is 4.69. The number of benzene rings is 4. The van der Waals surface area contributed by atoms with Crippen LogP contribution in [0.2, 0.25) is 0 Å². The fraction of sp³-hybridized carbons (Fsp3) is 0.0400. The van der Waals surface area contributed by atoms with Gasteiger partial charge >= 0.3 is 0 Å². The maximum Gasteiger partial charge on any atom is 0.0716 e. The predicted octanol–water partition coefficient (Wildman–Crippen LogP) is 4.38. The van der Waals surface area contributed by atoms with Crippen molar-refractivity contribution in [3.05, 3.63) is 107 Å². The van der Waals surface area contributed by atoms with E-state index >= 15 is 0 Å². The van der Waals surface area contributed by atoms with Crippen LogP contribution in [0.1, 0.15) is 22.3 Å². The minimum absolute atomic E-state index is 0.611. The van der Waals surface area contributed by atoms with Crippen molar-refractivity contribution in [1.29, 1.82) is 0 Å². The third-order valence-corrected chi connectivity index (χ3v) is 5.82. The molecule has 4 nitrogen and oxygen atoms in total. The Morgan fingerprint density at radius 1 is 0.448 bits per heavy atom. The van der Waals surface area contributed by atoms with Gasteiger partial charge in [-0.15, -0.1) is 0 Å². The zero-order chi connectivity index (χ0) is 20.2. The Labute approximate surface area is 169 Å². The first-order chi connectivity index (χ1) is 14.0. The van der Waals surface area contributed by atoms with Gasteiger partial charge in [0.1, 0.15) is 0 Å². The average Bonchev–Trinajstić information content (AvgIpc) is 2.97. The van der Waals surface area contributed by atoms with E-state index < -0.39 is 5.41 Å². The Kier molecular flexibility index (Phi) is 3.58. The number of anilines is 4. The van der Waals surface area contributed by atoms with Gasteiger partial charge in [-0.2, -0.15) is 0 Å². The molecule has 5 rings (SSSR count). The van der Waals surface area contributed by atoms with E-state index in [4.69, 9.17) is 22.9 Å². The monoisotopic (exact) mass is 378 g/mol. The van der Waals surface area contributed by atoms with Gasteiger partial charge in [0.05, 0.1) is 5.41 Å². The highest BCUT2D eigenvalue weighted by Gasteiger charge is 2.46. The normalized spacial score (nSPS) is 13.7. The van der Waals surface area contributed by atoms with Crippen LogP contribution < -0.4 is 22.9 Å². The number of hydrogen-bond donors (Lipinski definition) is 4. The standard InChI is InChI=1S/C25H22N4/c26-17-5-1-3-15(11-17)25(16-4-2-6-18(27)12-16)23-13-19(28)7-9-21(23)22-10-8-20(29)14-24(22)25/h1-14H,26-29H2. The van der Waals surface area contributed by atoms with E-state index in [2.05, 4.69) is 36.4 Å². The van der Waals surface area contributed by atoms with Gasteiger partial charge in [0.2, 0.25) is 0 Å². The summed E-state index contributed by atoms with van der Waals surface area (Å²) in [4.78, 5) is 0. The third kappa shape index (κ3) is 2.39. The van der Waals surface area contributed by atoms with Gasteiger partial charge in [0.25, 0.3) is 0 Å². The van der Waals surface area contributed by atoms with Crippen LogP contribution >= 0.6 is 0 Å². The molecule has 0 bridgehead atoms. The van der Waals surface area contributed by atoms with Crippen LogP contribution in [-0.4, -0.2) is 0 Å². The summed E-state index contributed by atoms with van der Waals surface area (Å²) in [5, 5.41) is 0. The lowest BCUT2D eigenvalue weighted by Gasteiger charge is -2.34. The molecule has 0 amide bonds. The van der Waals surface area contributed by atoms with E-state index in [0.717, 1.165) is 33.4 Å². The molecule has 0 heterocycles. The zero-order valence-electron chi connectivity index (χ0n) is 15.9. The van der Waals surface area contributed by atoms with Crippen LogP contribution in [0.5, 0.6) is 0 Å². The molecule has 29 heavy (non-hydrogen) atoms. The van der Waals surface area contributed by atoms with Crippen molar-refractivity contribution in [2.75, 3.05) is 22.9 Å². The van der Waals surface area contributed by atoms with Crippen molar-refractivity contribution in [3.8, 4) is 11.1 Å². The first-order valence-corrected chi connectivity index (χ1v) is 9.52. The second-order valence-corrected chi connectivity index (χ2v) is 7.61. The van der Waals surface area contributed by atoms with Crippen LogP contribution in [0.25, 0.3) is 11.1 Å². The molecular weight excluding hydrogens is 356 g/mol. The maximum absolute atomic E-state index is 6.26. The first kappa shape index (κ1) is 17.2. The molecular formula is C25H22N4. The van der Waals surface area contributed by atoms with Crippen molar-refractivity contribution in [2.45, 2.75) is 5.41 Å². The second kappa shape index (κ2) is 6.04. The predicted molar refractivity (Wildman–Crippen MR) is 121 cm³/mol. The summed E-state index contributed by atoms with van der Waals surface area (Å²) in [5.41, 5.74) is 33.8. The van der Waals surface area contributed by atoms with Gasteiger partial charge in [-0.1, -0.05) is 36.4 Å². The van der Waals surface area contributed by atoms with E-state index in [9.17, 15) is 0 Å². The summed E-state index contributed by atoms with van der Waals surface area (Å²) in [6.07, 6.45) is 0. The van der Waals surface area contributed by atoms with Crippen molar-refractivity contribution in [2.24, 2.45) is 0 Å². The minimum atomic E-state index is -0.611. The van der Waals surface area contributed by atoms with E-state index in [0.29, 0.717) is 22.7 Å². The van der Waals surface area contributed by atoms with Crippen molar-refractivity contribution >= 4 is 22.7 Å². The van der Waals surface area contributed by atoms with E-state index in [1.54, 1.807) is 0 Å². The Bertz CT molecular complexity index is 1160. The molecule has 1 aliphatic rings. The lowest BCUT2D eigenvalue weighted by molar-refractivity contribution is 0.770. The summed E-state index contributed by atoms with van der Waals surface area (Å²) in [6, 6.07) is 28.2. The van der Waals surface area contributed by atoms with Crippen molar-refractivity contribution < 1.29 is 0 Å². The SMILES string of the molecule is Nc1cccc(C2(c3cccc(N)c3)c3cc(N)ccc3-c3ccc(N)cc32)c1. The van der Waals surface area contributed by atoms with Gasteiger partial charge in [-0.05, 0) is 81.9 Å². The molecule has 4 heteroatoms. The molecule has 0 saturated carbocycles. The number of rotatable bonds is 2. The Morgan fingerprint density at radius 2 is 0.862 bits per heavy atom. The topological polar surface area (TPSA) is 104 Å². The van der Waals surface area contributed by atoms with Crippen LogP contribution in [0.3, 0.4) is 0 Å². The summed E-state index contributed by atoms with van der Waals surface area (Å²) in [7, 11) is 0. The molecule has 0 fully saturated rings. The lowest BCUT2D eigenvalue weighted by atomic mass is 9.67. The highest BCUT2D eigenvalue weighted by Crippen LogP contribution is 2.57.